The molecule has 9 heteroatoms. The molecule has 0 saturated carbocycles. The number of amides is 1. The minimum absolute atomic E-state index is 0.0766. The van der Waals surface area contributed by atoms with Gasteiger partial charge in [-0.15, -0.1) is 0 Å². The quantitative estimate of drug-likeness (QED) is 0.171. The Morgan fingerprint density at radius 1 is 1.21 bits per heavy atom. The standard InChI is InChI=1S/C19H14I2N2O5/c1-27-17(25)10-28-18-15(20)7-11(8-16(18)21)6-12(9-22)19(26)23-13-2-4-14(24)5-3-13/h2-8,24H,10H2,1H3,(H,23,26)/b12-6+. The Labute approximate surface area is 188 Å². The van der Waals surface area contributed by atoms with Gasteiger partial charge in [0.1, 0.15) is 23.1 Å². The second kappa shape index (κ2) is 10.3. The third kappa shape index (κ3) is 6.10. The number of phenols is 1. The summed E-state index contributed by atoms with van der Waals surface area (Å²) in [6.45, 7) is -0.212. The first-order valence-electron chi connectivity index (χ1n) is 7.75. The van der Waals surface area contributed by atoms with Crippen LogP contribution in [0.1, 0.15) is 5.56 Å². The number of hydrogen-bond acceptors (Lipinski definition) is 6. The Morgan fingerprint density at radius 2 is 1.82 bits per heavy atom. The number of anilines is 1. The van der Waals surface area contributed by atoms with Gasteiger partial charge < -0.3 is 19.9 Å². The second-order valence-electron chi connectivity index (χ2n) is 5.35. The summed E-state index contributed by atoms with van der Waals surface area (Å²) < 4.78 is 11.5. The summed E-state index contributed by atoms with van der Waals surface area (Å²) in [6.07, 6.45) is 1.46. The zero-order chi connectivity index (χ0) is 20.7. The summed E-state index contributed by atoms with van der Waals surface area (Å²) in [5.74, 6) is -0.457. The van der Waals surface area contributed by atoms with E-state index in [0.717, 1.165) is 7.14 Å². The molecule has 7 nitrogen and oxygen atoms in total. The SMILES string of the molecule is COC(=O)COc1c(I)cc(/C=C(\C#N)C(=O)Nc2ccc(O)cc2)cc1I. The van der Waals surface area contributed by atoms with Crippen LogP contribution in [-0.2, 0) is 14.3 Å². The van der Waals surface area contributed by atoms with Crippen LogP contribution in [0.3, 0.4) is 0 Å². The monoisotopic (exact) mass is 604 g/mol. The minimum atomic E-state index is -0.566. The van der Waals surface area contributed by atoms with Gasteiger partial charge in [0.15, 0.2) is 6.61 Å². The van der Waals surface area contributed by atoms with Gasteiger partial charge in [-0.2, -0.15) is 5.26 Å². The Balaban J connectivity index is 2.21. The molecule has 0 aliphatic rings. The molecule has 0 radical (unpaired) electrons. The molecule has 0 bridgehead atoms. The van der Waals surface area contributed by atoms with Crippen LogP contribution in [0.25, 0.3) is 6.08 Å². The molecule has 2 aromatic rings. The van der Waals surface area contributed by atoms with Crippen molar-refractivity contribution in [3.8, 4) is 17.6 Å². The fourth-order valence-corrected chi connectivity index (χ4v) is 4.18. The van der Waals surface area contributed by atoms with Crippen molar-refractivity contribution in [2.75, 3.05) is 19.0 Å². The van der Waals surface area contributed by atoms with Crippen LogP contribution in [-0.4, -0.2) is 30.7 Å². The molecular weight excluding hydrogens is 590 g/mol. The van der Waals surface area contributed by atoms with Crippen molar-refractivity contribution < 1.29 is 24.2 Å². The van der Waals surface area contributed by atoms with E-state index < -0.39 is 11.9 Å². The summed E-state index contributed by atoms with van der Waals surface area (Å²) in [4.78, 5) is 23.6. The van der Waals surface area contributed by atoms with Crippen molar-refractivity contribution in [3.05, 3.63) is 54.7 Å². The normalized spacial score (nSPS) is 10.7. The second-order valence-corrected chi connectivity index (χ2v) is 7.67. The number of carbonyl (C=O) groups excluding carboxylic acids is 2. The number of benzene rings is 2. The maximum absolute atomic E-state index is 12.3. The molecule has 0 aliphatic carbocycles. The van der Waals surface area contributed by atoms with Gasteiger partial charge in [-0.25, -0.2) is 4.79 Å². The number of ether oxygens (including phenoxy) is 2. The Morgan fingerprint density at radius 3 is 2.36 bits per heavy atom. The zero-order valence-electron chi connectivity index (χ0n) is 14.5. The van der Waals surface area contributed by atoms with Gasteiger partial charge in [0.25, 0.3) is 5.91 Å². The van der Waals surface area contributed by atoms with Gasteiger partial charge in [-0.1, -0.05) is 0 Å². The molecule has 2 N–H and O–H groups in total. The zero-order valence-corrected chi connectivity index (χ0v) is 18.8. The van der Waals surface area contributed by atoms with E-state index in [1.165, 1.54) is 37.5 Å². The number of nitrogens with one attached hydrogen (secondary N) is 1. The molecule has 0 atom stereocenters. The lowest BCUT2D eigenvalue weighted by Crippen LogP contribution is -2.14. The maximum atomic E-state index is 12.3. The summed E-state index contributed by atoms with van der Waals surface area (Å²) in [7, 11) is 1.28. The molecule has 2 rings (SSSR count). The Hall–Kier alpha value is -2.33. The molecule has 0 spiro atoms. The van der Waals surface area contributed by atoms with Gasteiger partial charge in [0.2, 0.25) is 0 Å². The highest BCUT2D eigenvalue weighted by Crippen LogP contribution is 2.30. The van der Waals surface area contributed by atoms with Crippen LogP contribution in [0.5, 0.6) is 11.5 Å². The van der Waals surface area contributed by atoms with E-state index in [0.29, 0.717) is 17.0 Å². The summed E-state index contributed by atoms with van der Waals surface area (Å²) in [5, 5.41) is 21.2. The van der Waals surface area contributed by atoms with Crippen LogP contribution in [0, 0.1) is 18.5 Å². The van der Waals surface area contributed by atoms with E-state index in [4.69, 9.17) is 4.74 Å². The summed E-state index contributed by atoms with van der Waals surface area (Å²) in [5.41, 5.74) is 1.01. The highest BCUT2D eigenvalue weighted by Gasteiger charge is 2.13. The molecule has 0 fully saturated rings. The van der Waals surface area contributed by atoms with Crippen molar-refractivity contribution in [1.29, 1.82) is 5.26 Å². The molecule has 0 heterocycles. The minimum Gasteiger partial charge on any atom is -0.508 e. The number of esters is 1. The van der Waals surface area contributed by atoms with Gasteiger partial charge in [-0.3, -0.25) is 4.79 Å². The largest absolute Gasteiger partial charge is 0.508 e. The number of halogens is 2. The topological polar surface area (TPSA) is 109 Å². The molecule has 0 saturated heterocycles. The average molecular weight is 604 g/mol. The van der Waals surface area contributed by atoms with Crippen LogP contribution < -0.4 is 10.1 Å². The van der Waals surface area contributed by atoms with Crippen LogP contribution in [0.15, 0.2) is 42.0 Å². The van der Waals surface area contributed by atoms with E-state index >= 15 is 0 Å². The number of phenolic OH excluding ortho intramolecular Hbond substituents is 1. The third-order valence-electron chi connectivity index (χ3n) is 3.38. The first-order valence-corrected chi connectivity index (χ1v) is 9.90. The first-order chi connectivity index (χ1) is 13.3. The fourth-order valence-electron chi connectivity index (χ4n) is 2.05. The first kappa shape index (κ1) is 22.0. The number of methoxy groups -OCH3 is 1. The molecule has 1 amide bonds. The molecule has 0 aliphatic heterocycles. The molecule has 0 unspecified atom stereocenters. The summed E-state index contributed by atoms with van der Waals surface area (Å²) in [6, 6.07) is 11.3. The highest BCUT2D eigenvalue weighted by atomic mass is 127. The third-order valence-corrected chi connectivity index (χ3v) is 4.99. The molecule has 0 aromatic heterocycles. The number of carbonyl (C=O) groups is 2. The number of nitriles is 1. The van der Waals surface area contributed by atoms with E-state index in [9.17, 15) is 20.0 Å². The van der Waals surface area contributed by atoms with Crippen LogP contribution >= 0.6 is 45.2 Å². The van der Waals surface area contributed by atoms with Crippen LogP contribution in [0.4, 0.5) is 5.69 Å². The molecule has 28 heavy (non-hydrogen) atoms. The lowest BCUT2D eigenvalue weighted by atomic mass is 10.1. The van der Waals surface area contributed by atoms with Crippen LogP contribution in [0.2, 0.25) is 0 Å². The van der Waals surface area contributed by atoms with Crippen molar-refractivity contribution in [1.82, 2.24) is 0 Å². The lowest BCUT2D eigenvalue weighted by molar-refractivity contribution is -0.142. The predicted octanol–water partition coefficient (Wildman–Crippen LogP) is 3.70. The smallest absolute Gasteiger partial charge is 0.343 e. The van der Waals surface area contributed by atoms with Crippen molar-refractivity contribution in [2.24, 2.45) is 0 Å². The number of hydrogen-bond donors (Lipinski definition) is 2. The van der Waals surface area contributed by atoms with Gasteiger partial charge >= 0.3 is 5.97 Å². The Kier molecular flexibility index (Phi) is 8.06. The van der Waals surface area contributed by atoms with Crippen molar-refractivity contribution >= 4 is 68.8 Å². The van der Waals surface area contributed by atoms with Gasteiger partial charge in [0, 0.05) is 5.69 Å². The lowest BCUT2D eigenvalue weighted by Gasteiger charge is -2.10. The van der Waals surface area contributed by atoms with Gasteiger partial charge in [-0.05, 0) is 93.2 Å². The van der Waals surface area contributed by atoms with Gasteiger partial charge in [0.05, 0.1) is 14.3 Å². The van der Waals surface area contributed by atoms with E-state index in [-0.39, 0.29) is 17.9 Å². The fraction of sp³-hybridized carbons (Fsp3) is 0.105. The average Bonchev–Trinajstić information content (AvgIpc) is 2.66. The molecular formula is C19H14I2N2O5. The number of nitrogens with zero attached hydrogens (tertiary/aromatic N) is 1. The van der Waals surface area contributed by atoms with Crippen molar-refractivity contribution in [2.45, 2.75) is 0 Å². The van der Waals surface area contributed by atoms with E-state index in [1.807, 2.05) is 6.07 Å². The number of rotatable bonds is 6. The van der Waals surface area contributed by atoms with E-state index in [1.54, 1.807) is 12.1 Å². The Bertz CT molecular complexity index is 942. The summed E-state index contributed by atoms with van der Waals surface area (Å²) >= 11 is 4.10. The number of aromatic hydroxyl groups is 1. The molecule has 2 aromatic carbocycles. The van der Waals surface area contributed by atoms with Crippen molar-refractivity contribution in [3.63, 3.8) is 0 Å². The predicted molar refractivity (Wildman–Crippen MR) is 120 cm³/mol. The highest BCUT2D eigenvalue weighted by molar-refractivity contribution is 14.1. The van der Waals surface area contributed by atoms with E-state index in [2.05, 4.69) is 55.2 Å². The maximum Gasteiger partial charge on any atom is 0.343 e. The molecule has 144 valence electrons.